The van der Waals surface area contributed by atoms with Gasteiger partial charge in [-0.1, -0.05) is 76.7 Å². The molecule has 31 heavy (non-hydrogen) atoms. The van der Waals surface area contributed by atoms with Gasteiger partial charge in [-0.2, -0.15) is 0 Å². The van der Waals surface area contributed by atoms with Gasteiger partial charge in [-0.15, -0.1) is 0 Å². The van der Waals surface area contributed by atoms with Crippen molar-refractivity contribution in [2.24, 2.45) is 35.5 Å². The maximum absolute atomic E-state index is 2.62. The highest BCUT2D eigenvalue weighted by molar-refractivity contribution is 4.94. The van der Waals surface area contributed by atoms with E-state index in [0.717, 1.165) is 35.5 Å². The van der Waals surface area contributed by atoms with Crippen molar-refractivity contribution >= 4 is 0 Å². The molecule has 0 spiro atoms. The molecule has 0 aromatic heterocycles. The van der Waals surface area contributed by atoms with Crippen molar-refractivity contribution in [3.8, 4) is 0 Å². The third-order valence-electron chi connectivity index (χ3n) is 9.28. The first-order chi connectivity index (χ1) is 15.3. The summed E-state index contributed by atoms with van der Waals surface area (Å²) in [6.07, 6.45) is 37.9. The summed E-state index contributed by atoms with van der Waals surface area (Å²) in [6.45, 7) is 4.59. The summed E-state index contributed by atoms with van der Waals surface area (Å²) in [7, 11) is 0. The smallest absolute Gasteiger partial charge is 0.0233 e. The van der Waals surface area contributed by atoms with Crippen LogP contribution < -0.4 is 0 Å². The van der Waals surface area contributed by atoms with E-state index in [4.69, 9.17) is 0 Å². The van der Waals surface area contributed by atoms with E-state index in [9.17, 15) is 0 Å². The van der Waals surface area contributed by atoms with Crippen LogP contribution in [0.15, 0.2) is 24.3 Å². The van der Waals surface area contributed by atoms with Gasteiger partial charge in [0.1, 0.15) is 0 Å². The van der Waals surface area contributed by atoms with Crippen molar-refractivity contribution in [3.05, 3.63) is 24.3 Å². The van der Waals surface area contributed by atoms with E-state index in [2.05, 4.69) is 38.2 Å². The monoisotopic (exact) mass is 426 g/mol. The van der Waals surface area contributed by atoms with Gasteiger partial charge >= 0.3 is 0 Å². The molecule has 0 N–H and O–H groups in total. The van der Waals surface area contributed by atoms with Gasteiger partial charge in [0.15, 0.2) is 0 Å². The number of rotatable bonds is 11. The van der Waals surface area contributed by atoms with E-state index in [1.807, 2.05) is 0 Å². The fraction of sp³-hybridized carbons (Fsp3) is 0.871. The van der Waals surface area contributed by atoms with Crippen molar-refractivity contribution in [3.63, 3.8) is 0 Å². The van der Waals surface area contributed by atoms with Crippen LogP contribution in [-0.2, 0) is 0 Å². The normalized spacial score (nSPS) is 35.2. The Balaban J connectivity index is 1.24. The molecule has 0 aliphatic heterocycles. The van der Waals surface area contributed by atoms with E-state index < -0.39 is 0 Å². The highest BCUT2D eigenvalue weighted by Gasteiger charge is 2.30. The first-order valence-corrected chi connectivity index (χ1v) is 14.6. The van der Waals surface area contributed by atoms with Crippen molar-refractivity contribution in [1.29, 1.82) is 0 Å². The van der Waals surface area contributed by atoms with Gasteiger partial charge in [-0.3, -0.25) is 0 Å². The molecule has 0 heteroatoms. The summed E-state index contributed by atoms with van der Waals surface area (Å²) < 4.78 is 0. The Morgan fingerprint density at radius 3 is 1.68 bits per heavy atom. The Hall–Kier alpha value is -0.520. The van der Waals surface area contributed by atoms with Crippen LogP contribution in [0.25, 0.3) is 0 Å². The molecule has 0 heterocycles. The predicted octanol–water partition coefficient (Wildman–Crippen LogP) is 10.3. The second kappa shape index (κ2) is 14.6. The minimum atomic E-state index is 0.887. The summed E-state index contributed by atoms with van der Waals surface area (Å²) >= 11 is 0. The van der Waals surface area contributed by atoms with Crippen molar-refractivity contribution < 1.29 is 0 Å². The Morgan fingerprint density at radius 2 is 1.06 bits per heavy atom. The van der Waals surface area contributed by atoms with Gasteiger partial charge < -0.3 is 0 Å². The third-order valence-corrected chi connectivity index (χ3v) is 9.28. The predicted molar refractivity (Wildman–Crippen MR) is 138 cm³/mol. The molecule has 0 atom stereocenters. The van der Waals surface area contributed by atoms with Crippen LogP contribution in [0.4, 0.5) is 0 Å². The molecule has 0 nitrogen and oxygen atoms in total. The van der Waals surface area contributed by atoms with Crippen molar-refractivity contribution in [2.75, 3.05) is 0 Å². The molecule has 0 saturated heterocycles. The van der Waals surface area contributed by atoms with E-state index >= 15 is 0 Å². The summed E-state index contributed by atoms with van der Waals surface area (Å²) in [5, 5.41) is 0. The molecule has 3 fully saturated rings. The standard InChI is InChI=1S/C31H54/c1-3-5-7-11-28-18-22-30(23-19-28)31-24-20-29(21-25-31)13-9-8-12-27-16-14-26(15-17-27)10-6-4-2/h6,9-10,13,26-31H,3-5,7-8,11-12,14-25H2,1-2H3/t26-,27-,28-,29-,30-,31-. The lowest BCUT2D eigenvalue weighted by atomic mass is 9.68. The van der Waals surface area contributed by atoms with Crippen LogP contribution in [0, 0.1) is 35.5 Å². The first kappa shape index (κ1) is 25.1. The van der Waals surface area contributed by atoms with Gasteiger partial charge in [0, 0.05) is 0 Å². The van der Waals surface area contributed by atoms with Gasteiger partial charge in [0.05, 0.1) is 0 Å². The first-order valence-electron chi connectivity index (χ1n) is 14.6. The lowest BCUT2D eigenvalue weighted by molar-refractivity contribution is 0.151. The average molecular weight is 427 g/mol. The highest BCUT2D eigenvalue weighted by Crippen LogP contribution is 2.42. The van der Waals surface area contributed by atoms with Crippen LogP contribution in [0.1, 0.15) is 136 Å². The van der Waals surface area contributed by atoms with Crippen LogP contribution in [-0.4, -0.2) is 0 Å². The number of allylic oxidation sites excluding steroid dienone is 4. The molecular formula is C31H54. The van der Waals surface area contributed by atoms with Gasteiger partial charge in [0.25, 0.3) is 0 Å². The molecule has 178 valence electrons. The van der Waals surface area contributed by atoms with Crippen LogP contribution >= 0.6 is 0 Å². The number of hydrogen-bond acceptors (Lipinski definition) is 0. The molecule has 0 radical (unpaired) electrons. The van der Waals surface area contributed by atoms with E-state index in [0.29, 0.717) is 0 Å². The molecule has 0 aromatic carbocycles. The quantitative estimate of drug-likeness (QED) is 0.227. The maximum Gasteiger partial charge on any atom is -0.0233 e. The molecule has 3 rings (SSSR count). The molecule has 3 saturated carbocycles. The zero-order valence-electron chi connectivity index (χ0n) is 21.2. The summed E-state index contributed by atoms with van der Waals surface area (Å²) in [6, 6.07) is 0. The Bertz CT molecular complexity index is 490. The molecule has 0 bridgehead atoms. The molecular weight excluding hydrogens is 372 g/mol. The highest BCUT2D eigenvalue weighted by atomic mass is 14.4. The average Bonchev–Trinajstić information content (AvgIpc) is 2.82. The number of unbranched alkanes of at least 4 members (excludes halogenated alkanes) is 2. The lowest BCUT2D eigenvalue weighted by Gasteiger charge is -2.37. The zero-order chi connectivity index (χ0) is 21.7. The van der Waals surface area contributed by atoms with Crippen molar-refractivity contribution in [1.82, 2.24) is 0 Å². The summed E-state index contributed by atoms with van der Waals surface area (Å²) in [5.74, 6) is 6.01. The lowest BCUT2D eigenvalue weighted by Crippen LogP contribution is -2.25. The molecule has 0 unspecified atom stereocenters. The van der Waals surface area contributed by atoms with E-state index in [1.54, 1.807) is 25.7 Å². The Kier molecular flexibility index (Phi) is 11.8. The Labute approximate surface area is 195 Å². The van der Waals surface area contributed by atoms with Gasteiger partial charge in [-0.05, 0) is 119 Å². The molecule has 3 aliphatic carbocycles. The number of hydrogen-bond donors (Lipinski definition) is 0. The zero-order valence-corrected chi connectivity index (χ0v) is 21.2. The van der Waals surface area contributed by atoms with Gasteiger partial charge in [-0.25, -0.2) is 0 Å². The summed E-state index contributed by atoms with van der Waals surface area (Å²) in [4.78, 5) is 0. The molecule has 0 aromatic rings. The van der Waals surface area contributed by atoms with Crippen LogP contribution in [0.5, 0.6) is 0 Å². The molecule has 0 amide bonds. The minimum absolute atomic E-state index is 0.887. The van der Waals surface area contributed by atoms with Crippen LogP contribution in [0.2, 0.25) is 0 Å². The second-order valence-corrected chi connectivity index (χ2v) is 11.6. The Morgan fingerprint density at radius 1 is 0.548 bits per heavy atom. The maximum atomic E-state index is 2.62. The third kappa shape index (κ3) is 9.09. The van der Waals surface area contributed by atoms with E-state index in [-0.39, 0.29) is 0 Å². The van der Waals surface area contributed by atoms with Crippen LogP contribution in [0.3, 0.4) is 0 Å². The van der Waals surface area contributed by atoms with Gasteiger partial charge in [0.2, 0.25) is 0 Å². The topological polar surface area (TPSA) is 0 Å². The fourth-order valence-electron chi connectivity index (χ4n) is 7.06. The SMILES string of the molecule is CCC=C[C@H]1CC[C@H](CCC=C[C@H]2CC[C@H]([C@H]3CC[C@H](CCCCC)CC3)CC2)CC1. The van der Waals surface area contributed by atoms with E-state index in [1.165, 1.54) is 96.3 Å². The molecule has 3 aliphatic rings. The minimum Gasteiger partial charge on any atom is -0.0885 e. The fourth-order valence-corrected chi connectivity index (χ4v) is 7.06. The second-order valence-electron chi connectivity index (χ2n) is 11.6. The summed E-state index contributed by atoms with van der Waals surface area (Å²) in [5.41, 5.74) is 0. The van der Waals surface area contributed by atoms with Crippen molar-refractivity contribution in [2.45, 2.75) is 136 Å². The largest absolute Gasteiger partial charge is 0.0885 e.